The van der Waals surface area contributed by atoms with Crippen LogP contribution in [-0.4, -0.2) is 17.7 Å². The largest absolute Gasteiger partial charge is 0.326 e. The van der Waals surface area contributed by atoms with Gasteiger partial charge in [0, 0.05) is 16.8 Å². The predicted molar refractivity (Wildman–Crippen MR) is 130 cm³/mol. The van der Waals surface area contributed by atoms with Gasteiger partial charge in [0.25, 0.3) is 0 Å². The first-order valence-electron chi connectivity index (χ1n) is 10.7. The minimum absolute atomic E-state index is 0.120. The average Bonchev–Trinajstić information content (AvgIpc) is 2.95. The number of nitrogens with one attached hydrogen (secondary N) is 2. The highest BCUT2D eigenvalue weighted by molar-refractivity contribution is 6.21. The second-order valence-corrected chi connectivity index (χ2v) is 7.89. The lowest BCUT2D eigenvalue weighted by molar-refractivity contribution is -0.124. The molecule has 0 aliphatic carbocycles. The zero-order valence-corrected chi connectivity index (χ0v) is 17.7. The van der Waals surface area contributed by atoms with Crippen molar-refractivity contribution in [3.05, 3.63) is 96.6 Å². The third-order valence-electron chi connectivity index (χ3n) is 5.58. The molecule has 4 aromatic rings. The van der Waals surface area contributed by atoms with E-state index in [4.69, 9.17) is 0 Å². The predicted octanol–water partition coefficient (Wildman–Crippen LogP) is 5.03. The van der Waals surface area contributed by atoms with E-state index in [0.29, 0.717) is 22.7 Å². The van der Waals surface area contributed by atoms with Gasteiger partial charge in [0.15, 0.2) is 0 Å². The molecule has 0 saturated carbocycles. The first kappa shape index (κ1) is 20.5. The van der Waals surface area contributed by atoms with Crippen LogP contribution in [0.1, 0.15) is 12.0 Å². The van der Waals surface area contributed by atoms with Crippen molar-refractivity contribution < 1.29 is 14.4 Å². The highest BCUT2D eigenvalue weighted by atomic mass is 16.2. The second-order valence-electron chi connectivity index (χ2n) is 7.89. The summed E-state index contributed by atoms with van der Waals surface area (Å²) in [6, 6.07) is 28.1. The molecule has 1 aliphatic rings. The van der Waals surface area contributed by atoms with Crippen molar-refractivity contribution in [2.75, 3.05) is 15.5 Å². The van der Waals surface area contributed by atoms with Crippen molar-refractivity contribution in [2.45, 2.75) is 12.8 Å². The fourth-order valence-corrected chi connectivity index (χ4v) is 4.09. The molecule has 1 aliphatic heterocycles. The number of hydrogen-bond acceptors (Lipinski definition) is 3. The van der Waals surface area contributed by atoms with Crippen LogP contribution in [0.25, 0.3) is 10.8 Å². The Kier molecular flexibility index (Phi) is 5.32. The van der Waals surface area contributed by atoms with Crippen LogP contribution in [0.15, 0.2) is 91.0 Å². The summed E-state index contributed by atoms with van der Waals surface area (Å²) < 4.78 is 0. The van der Waals surface area contributed by atoms with Crippen molar-refractivity contribution in [3.8, 4) is 0 Å². The summed E-state index contributed by atoms with van der Waals surface area (Å²) in [4.78, 5) is 39.3. The highest BCUT2D eigenvalue weighted by Crippen LogP contribution is 2.41. The van der Waals surface area contributed by atoms with Crippen molar-refractivity contribution in [2.24, 2.45) is 0 Å². The molecule has 162 valence electrons. The Morgan fingerprint density at radius 2 is 1.58 bits per heavy atom. The molecule has 0 unspecified atom stereocenters. The molecule has 5 rings (SSSR count). The second kappa shape index (κ2) is 8.59. The van der Waals surface area contributed by atoms with Crippen LogP contribution >= 0.6 is 0 Å². The number of benzene rings is 4. The van der Waals surface area contributed by atoms with Crippen molar-refractivity contribution in [3.63, 3.8) is 0 Å². The molecule has 6 nitrogen and oxygen atoms in total. The molecule has 0 radical (unpaired) electrons. The SMILES string of the molecule is O=C(Cc1ccccc1)Nc1ccc(N2C(=O)CC(=O)Nc3ccc4ccccc4c32)cc1. The first-order valence-corrected chi connectivity index (χ1v) is 10.7. The summed E-state index contributed by atoms with van der Waals surface area (Å²) >= 11 is 0. The fraction of sp³-hybridized carbons (Fsp3) is 0.0741. The number of hydrogen-bond donors (Lipinski definition) is 2. The summed E-state index contributed by atoms with van der Waals surface area (Å²) in [5, 5.41) is 7.57. The Hall–Kier alpha value is -4.45. The zero-order chi connectivity index (χ0) is 22.8. The van der Waals surface area contributed by atoms with E-state index in [0.717, 1.165) is 16.3 Å². The van der Waals surface area contributed by atoms with Crippen LogP contribution in [0.5, 0.6) is 0 Å². The molecule has 0 bridgehead atoms. The van der Waals surface area contributed by atoms with Gasteiger partial charge in [0.1, 0.15) is 6.42 Å². The normalized spacial score (nSPS) is 13.3. The van der Waals surface area contributed by atoms with Gasteiger partial charge >= 0.3 is 0 Å². The summed E-state index contributed by atoms with van der Waals surface area (Å²) in [5.41, 5.74) is 3.42. The highest BCUT2D eigenvalue weighted by Gasteiger charge is 2.29. The van der Waals surface area contributed by atoms with E-state index >= 15 is 0 Å². The number of amides is 3. The van der Waals surface area contributed by atoms with Gasteiger partial charge in [0.05, 0.1) is 17.8 Å². The summed E-state index contributed by atoms with van der Waals surface area (Å²) in [5.74, 6) is -0.779. The maximum atomic E-state index is 13.1. The van der Waals surface area contributed by atoms with E-state index in [1.165, 1.54) is 0 Å². The van der Waals surface area contributed by atoms with E-state index in [2.05, 4.69) is 10.6 Å². The van der Waals surface area contributed by atoms with Crippen molar-refractivity contribution >= 4 is 51.2 Å². The van der Waals surface area contributed by atoms with Gasteiger partial charge in [-0.2, -0.15) is 0 Å². The smallest absolute Gasteiger partial charge is 0.241 e. The minimum atomic E-state index is -0.344. The lowest BCUT2D eigenvalue weighted by atomic mass is 10.1. The molecule has 4 aromatic carbocycles. The number of anilines is 4. The summed E-state index contributed by atoms with van der Waals surface area (Å²) in [6.45, 7) is 0. The standard InChI is InChI=1S/C27H21N3O3/c31-24(16-18-6-2-1-3-7-18)28-20-11-13-21(14-12-20)30-26(33)17-25(32)29-23-15-10-19-8-4-5-9-22(19)27(23)30/h1-15H,16-17H2,(H,28,31)(H,29,32). The third-order valence-corrected chi connectivity index (χ3v) is 5.58. The topological polar surface area (TPSA) is 78.5 Å². The Bertz CT molecular complexity index is 1360. The molecule has 0 aromatic heterocycles. The summed E-state index contributed by atoms with van der Waals surface area (Å²) in [7, 11) is 0. The monoisotopic (exact) mass is 435 g/mol. The summed E-state index contributed by atoms with van der Waals surface area (Å²) in [6.07, 6.45) is 0.0267. The van der Waals surface area contributed by atoms with E-state index in [9.17, 15) is 14.4 Å². The molecule has 6 heteroatoms. The Morgan fingerprint density at radius 1 is 0.848 bits per heavy atom. The molecule has 1 heterocycles. The number of fused-ring (bicyclic) bond motifs is 3. The van der Waals surface area contributed by atoms with Crippen molar-refractivity contribution in [1.82, 2.24) is 0 Å². The van der Waals surface area contributed by atoms with Crippen LogP contribution in [0.2, 0.25) is 0 Å². The quantitative estimate of drug-likeness (QED) is 0.442. The molecular weight excluding hydrogens is 414 g/mol. The molecule has 0 atom stereocenters. The van der Waals surface area contributed by atoms with Gasteiger partial charge in [-0.15, -0.1) is 0 Å². The number of nitrogens with zero attached hydrogens (tertiary/aromatic N) is 1. The van der Waals surface area contributed by atoms with E-state index in [-0.39, 0.29) is 30.6 Å². The van der Waals surface area contributed by atoms with Crippen LogP contribution < -0.4 is 15.5 Å². The molecule has 3 amide bonds. The first-order chi connectivity index (χ1) is 16.1. The molecule has 0 fully saturated rings. The third kappa shape index (κ3) is 4.19. The van der Waals surface area contributed by atoms with Crippen LogP contribution in [0, 0.1) is 0 Å². The van der Waals surface area contributed by atoms with Crippen molar-refractivity contribution in [1.29, 1.82) is 0 Å². The Morgan fingerprint density at radius 3 is 2.36 bits per heavy atom. The molecule has 33 heavy (non-hydrogen) atoms. The van der Waals surface area contributed by atoms with Gasteiger partial charge in [-0.25, -0.2) is 0 Å². The zero-order valence-electron chi connectivity index (χ0n) is 17.7. The molecule has 2 N–H and O–H groups in total. The molecule has 0 saturated heterocycles. The van der Waals surface area contributed by atoms with E-state index in [1.54, 1.807) is 29.2 Å². The number of carbonyl (C=O) groups excluding carboxylic acids is 3. The Labute approximate surface area is 190 Å². The van der Waals surface area contributed by atoms with E-state index < -0.39 is 0 Å². The number of rotatable bonds is 4. The van der Waals surface area contributed by atoms with E-state index in [1.807, 2.05) is 66.7 Å². The maximum Gasteiger partial charge on any atom is 0.241 e. The van der Waals surface area contributed by atoms with Gasteiger partial charge in [0.2, 0.25) is 17.7 Å². The van der Waals surface area contributed by atoms with Crippen LogP contribution in [0.4, 0.5) is 22.7 Å². The van der Waals surface area contributed by atoms with Gasteiger partial charge < -0.3 is 10.6 Å². The molecule has 0 spiro atoms. The van der Waals surface area contributed by atoms with Crippen LogP contribution in [0.3, 0.4) is 0 Å². The lowest BCUT2D eigenvalue weighted by Gasteiger charge is -2.24. The van der Waals surface area contributed by atoms with Gasteiger partial charge in [-0.1, -0.05) is 60.7 Å². The van der Waals surface area contributed by atoms with Crippen LogP contribution in [-0.2, 0) is 20.8 Å². The molecular formula is C27H21N3O3. The average molecular weight is 435 g/mol. The minimum Gasteiger partial charge on any atom is -0.326 e. The fourth-order valence-electron chi connectivity index (χ4n) is 4.09. The Balaban J connectivity index is 1.46. The number of carbonyl (C=O) groups is 3. The lowest BCUT2D eigenvalue weighted by Crippen LogP contribution is -2.26. The maximum absolute atomic E-state index is 13.1. The van der Waals surface area contributed by atoms with Gasteiger partial charge in [-0.3, -0.25) is 19.3 Å². The van der Waals surface area contributed by atoms with Gasteiger partial charge in [-0.05, 0) is 41.3 Å².